The maximum atomic E-state index is 14.1. The van der Waals surface area contributed by atoms with Crippen LogP contribution in [0.15, 0.2) is 18.2 Å². The Kier molecular flexibility index (Phi) is 5.71. The van der Waals surface area contributed by atoms with E-state index in [4.69, 9.17) is 10.5 Å². The van der Waals surface area contributed by atoms with Crippen LogP contribution in [0, 0.1) is 17.0 Å². The van der Waals surface area contributed by atoms with Gasteiger partial charge in [-0.15, -0.1) is 0 Å². The van der Waals surface area contributed by atoms with Crippen LogP contribution < -0.4 is 5.73 Å². The third-order valence-corrected chi connectivity index (χ3v) is 8.21. The number of hydrogen-bond donors (Lipinski definition) is 1. The molecule has 162 valence electrons. The summed E-state index contributed by atoms with van der Waals surface area (Å²) in [6, 6.07) is 3.11. The first-order valence-electron chi connectivity index (χ1n) is 10.2. The number of sulfonamides is 1. The van der Waals surface area contributed by atoms with Crippen LogP contribution in [0.2, 0.25) is 0 Å². The van der Waals surface area contributed by atoms with Crippen molar-refractivity contribution in [3.8, 4) is 0 Å². The topological polar surface area (TPSA) is 75.9 Å². The van der Waals surface area contributed by atoms with Crippen LogP contribution >= 0.6 is 0 Å². The SMILES string of the molecule is CS(=O)(=O)N1CCC2(CCN([C@H]3CO[C@H](c4cc(F)ccc4F)[C@@H](N)C3)C2)CC1. The molecule has 0 saturated carbocycles. The molecule has 3 heterocycles. The third-order valence-electron chi connectivity index (χ3n) is 6.90. The molecular weight excluding hydrogens is 400 g/mol. The van der Waals surface area contributed by atoms with Gasteiger partial charge in [-0.25, -0.2) is 21.5 Å². The first-order valence-corrected chi connectivity index (χ1v) is 12.0. The minimum Gasteiger partial charge on any atom is -0.370 e. The molecule has 9 heteroatoms. The van der Waals surface area contributed by atoms with E-state index in [2.05, 4.69) is 4.90 Å². The summed E-state index contributed by atoms with van der Waals surface area (Å²) in [5, 5.41) is 0. The van der Waals surface area contributed by atoms with E-state index in [1.165, 1.54) is 12.3 Å². The summed E-state index contributed by atoms with van der Waals surface area (Å²) in [4.78, 5) is 2.38. The highest BCUT2D eigenvalue weighted by molar-refractivity contribution is 7.88. The quantitative estimate of drug-likeness (QED) is 0.794. The summed E-state index contributed by atoms with van der Waals surface area (Å²) in [6.07, 6.45) is 4.06. The van der Waals surface area contributed by atoms with Crippen molar-refractivity contribution in [1.82, 2.24) is 9.21 Å². The number of nitrogens with zero attached hydrogens (tertiary/aromatic N) is 2. The summed E-state index contributed by atoms with van der Waals surface area (Å²) >= 11 is 0. The molecule has 0 aromatic heterocycles. The van der Waals surface area contributed by atoms with Crippen LogP contribution in [-0.4, -0.2) is 68.7 Å². The van der Waals surface area contributed by atoms with Crippen molar-refractivity contribution in [3.05, 3.63) is 35.4 Å². The maximum Gasteiger partial charge on any atom is 0.211 e. The zero-order valence-corrected chi connectivity index (χ0v) is 17.5. The zero-order valence-electron chi connectivity index (χ0n) is 16.7. The van der Waals surface area contributed by atoms with Crippen molar-refractivity contribution in [2.75, 3.05) is 39.0 Å². The molecular formula is C20H29F2N3O3S. The van der Waals surface area contributed by atoms with E-state index in [1.807, 2.05) is 0 Å². The molecule has 3 aliphatic rings. The fourth-order valence-corrected chi connectivity index (χ4v) is 5.98. The lowest BCUT2D eigenvalue weighted by Gasteiger charge is -2.41. The summed E-state index contributed by atoms with van der Waals surface area (Å²) in [5.41, 5.74) is 6.64. The molecule has 3 fully saturated rings. The number of ether oxygens (including phenoxy) is 1. The Labute approximate surface area is 171 Å². The number of likely N-dealkylation sites (tertiary alicyclic amines) is 1. The third kappa shape index (κ3) is 4.34. The Bertz CT molecular complexity index is 859. The molecule has 0 radical (unpaired) electrons. The fourth-order valence-electron chi connectivity index (χ4n) is 5.13. The number of piperidine rings is 1. The van der Waals surface area contributed by atoms with Crippen molar-refractivity contribution in [3.63, 3.8) is 0 Å². The van der Waals surface area contributed by atoms with E-state index >= 15 is 0 Å². The van der Waals surface area contributed by atoms with E-state index in [0.29, 0.717) is 26.1 Å². The van der Waals surface area contributed by atoms with Crippen molar-refractivity contribution in [2.24, 2.45) is 11.1 Å². The van der Waals surface area contributed by atoms with Crippen molar-refractivity contribution in [1.29, 1.82) is 0 Å². The molecule has 0 bridgehead atoms. The Morgan fingerprint density at radius 3 is 2.52 bits per heavy atom. The largest absolute Gasteiger partial charge is 0.370 e. The van der Waals surface area contributed by atoms with Gasteiger partial charge in [-0.2, -0.15) is 0 Å². The number of rotatable bonds is 3. The Morgan fingerprint density at radius 2 is 1.86 bits per heavy atom. The average molecular weight is 430 g/mol. The molecule has 1 spiro atoms. The van der Waals surface area contributed by atoms with Gasteiger partial charge in [-0.05, 0) is 55.8 Å². The minimum atomic E-state index is -3.13. The smallest absolute Gasteiger partial charge is 0.211 e. The second kappa shape index (κ2) is 7.85. The van der Waals surface area contributed by atoms with Gasteiger partial charge in [0.15, 0.2) is 0 Å². The normalized spacial score (nSPS) is 31.4. The highest BCUT2D eigenvalue weighted by Crippen LogP contribution is 2.43. The standard InChI is InChI=1S/C20H29F2N3O3S/c1-29(26,27)25-8-5-20(6-9-25)4-7-24(13-20)15-11-18(23)19(28-12-15)16-10-14(21)2-3-17(16)22/h2-3,10,15,18-19H,4-9,11-13,23H2,1H3/t15-,18+,19-/m1/s1. The first kappa shape index (κ1) is 21.1. The van der Waals surface area contributed by atoms with Gasteiger partial charge < -0.3 is 10.5 Å². The Morgan fingerprint density at radius 1 is 1.17 bits per heavy atom. The molecule has 0 unspecified atom stereocenters. The molecule has 6 nitrogen and oxygen atoms in total. The molecule has 0 aliphatic carbocycles. The number of halogens is 2. The molecule has 1 aromatic carbocycles. The lowest BCUT2D eigenvalue weighted by molar-refractivity contribution is -0.0497. The van der Waals surface area contributed by atoms with Crippen molar-refractivity contribution in [2.45, 2.75) is 43.9 Å². The van der Waals surface area contributed by atoms with Gasteiger partial charge in [0.25, 0.3) is 0 Å². The number of hydrogen-bond acceptors (Lipinski definition) is 5. The average Bonchev–Trinajstić information content (AvgIpc) is 3.07. The van der Waals surface area contributed by atoms with Crippen molar-refractivity contribution >= 4 is 10.0 Å². The van der Waals surface area contributed by atoms with Crippen LogP contribution in [0.5, 0.6) is 0 Å². The van der Waals surface area contributed by atoms with Crippen LogP contribution in [0.4, 0.5) is 8.78 Å². The van der Waals surface area contributed by atoms with Gasteiger partial charge in [0.1, 0.15) is 17.7 Å². The Balaban J connectivity index is 1.37. The van der Waals surface area contributed by atoms with Crippen LogP contribution in [0.25, 0.3) is 0 Å². The second-order valence-electron chi connectivity index (χ2n) is 8.86. The molecule has 29 heavy (non-hydrogen) atoms. The lowest BCUT2D eigenvalue weighted by Crippen LogP contribution is -2.50. The van der Waals surface area contributed by atoms with E-state index in [0.717, 1.165) is 44.5 Å². The van der Waals surface area contributed by atoms with E-state index < -0.39 is 33.8 Å². The summed E-state index contributed by atoms with van der Waals surface area (Å²) in [5.74, 6) is -0.996. The molecule has 4 rings (SSSR count). The van der Waals surface area contributed by atoms with E-state index in [9.17, 15) is 17.2 Å². The zero-order chi connectivity index (χ0) is 20.8. The predicted octanol–water partition coefficient (Wildman–Crippen LogP) is 1.87. The lowest BCUT2D eigenvalue weighted by atomic mass is 9.78. The van der Waals surface area contributed by atoms with Gasteiger partial charge in [0.05, 0.1) is 12.9 Å². The maximum absolute atomic E-state index is 14.1. The van der Waals surface area contributed by atoms with Gasteiger partial charge in [0.2, 0.25) is 10.0 Å². The summed E-state index contributed by atoms with van der Waals surface area (Å²) in [7, 11) is -3.13. The van der Waals surface area contributed by atoms with Crippen LogP contribution in [0.1, 0.15) is 37.4 Å². The van der Waals surface area contributed by atoms with Gasteiger partial charge >= 0.3 is 0 Å². The van der Waals surface area contributed by atoms with Gasteiger partial charge in [0, 0.05) is 37.3 Å². The fraction of sp³-hybridized carbons (Fsp3) is 0.700. The molecule has 2 N–H and O–H groups in total. The van der Waals surface area contributed by atoms with E-state index in [1.54, 1.807) is 4.31 Å². The number of benzene rings is 1. The van der Waals surface area contributed by atoms with E-state index in [-0.39, 0.29) is 17.0 Å². The molecule has 3 aliphatic heterocycles. The highest BCUT2D eigenvalue weighted by Gasteiger charge is 2.45. The van der Waals surface area contributed by atoms with Gasteiger partial charge in [-0.1, -0.05) is 0 Å². The second-order valence-corrected chi connectivity index (χ2v) is 10.8. The first-order chi connectivity index (χ1) is 13.7. The molecule has 1 aromatic rings. The molecule has 3 saturated heterocycles. The predicted molar refractivity (Wildman–Crippen MR) is 106 cm³/mol. The monoisotopic (exact) mass is 429 g/mol. The molecule has 0 amide bonds. The Hall–Kier alpha value is -1.13. The number of nitrogens with two attached hydrogens (primary N) is 1. The van der Waals surface area contributed by atoms with Crippen LogP contribution in [-0.2, 0) is 14.8 Å². The van der Waals surface area contributed by atoms with Crippen molar-refractivity contribution < 1.29 is 21.9 Å². The van der Waals surface area contributed by atoms with Crippen LogP contribution in [0.3, 0.4) is 0 Å². The summed E-state index contributed by atoms with van der Waals surface area (Å²) < 4.78 is 58.7. The van der Waals surface area contributed by atoms with Gasteiger partial charge in [-0.3, -0.25) is 4.90 Å². The highest BCUT2D eigenvalue weighted by atomic mass is 32.2. The minimum absolute atomic E-state index is 0.144. The summed E-state index contributed by atoms with van der Waals surface area (Å²) in [6.45, 7) is 3.42. The molecule has 3 atom stereocenters.